The predicted molar refractivity (Wildman–Crippen MR) is 69.8 cm³/mol. The zero-order valence-corrected chi connectivity index (χ0v) is 9.58. The molecule has 0 aliphatic rings. The molecule has 0 spiro atoms. The maximum Gasteiger partial charge on any atom is 0.337 e. The van der Waals surface area contributed by atoms with Gasteiger partial charge in [0.05, 0.1) is 11.1 Å². The van der Waals surface area contributed by atoms with Crippen LogP contribution < -0.4 is 0 Å². The summed E-state index contributed by atoms with van der Waals surface area (Å²) in [6.45, 7) is 0. The molecule has 0 unspecified atom stereocenters. The van der Waals surface area contributed by atoms with Crippen LogP contribution in [0.5, 0.6) is 0 Å². The lowest BCUT2D eigenvalue weighted by atomic mass is 10.1. The Balaban J connectivity index is 2.27. The van der Waals surface area contributed by atoms with E-state index < -0.39 is 5.97 Å². The molecule has 0 aliphatic carbocycles. The van der Waals surface area contributed by atoms with Crippen molar-refractivity contribution in [2.75, 3.05) is 0 Å². The van der Waals surface area contributed by atoms with E-state index in [-0.39, 0.29) is 0 Å². The monoisotopic (exact) mass is 237 g/mol. The maximum absolute atomic E-state index is 11.0. The van der Waals surface area contributed by atoms with Gasteiger partial charge in [-0.3, -0.25) is 0 Å². The number of nitrogens with zero attached hydrogens (tertiary/aromatic N) is 1. The highest BCUT2D eigenvalue weighted by atomic mass is 16.4. The highest BCUT2D eigenvalue weighted by molar-refractivity contribution is 5.92. The summed E-state index contributed by atoms with van der Waals surface area (Å²) in [5.41, 5.74) is 3.32. The number of rotatable bonds is 2. The Morgan fingerprint density at radius 1 is 1.06 bits per heavy atom. The van der Waals surface area contributed by atoms with E-state index in [9.17, 15) is 4.79 Å². The number of carbonyl (C=O) groups is 1. The minimum atomic E-state index is -0.905. The second-order valence-corrected chi connectivity index (χ2v) is 4.11. The summed E-state index contributed by atoms with van der Waals surface area (Å²) in [6, 6.07) is 15.6. The quantitative estimate of drug-likeness (QED) is 0.743. The zero-order valence-electron chi connectivity index (χ0n) is 9.58. The molecule has 0 bridgehead atoms. The van der Waals surface area contributed by atoms with Crippen molar-refractivity contribution in [3.05, 3.63) is 66.5 Å². The molecular formula is C15H11NO2. The summed E-state index contributed by atoms with van der Waals surface area (Å²) in [5, 5.41) is 9.03. The molecule has 3 nitrogen and oxygen atoms in total. The van der Waals surface area contributed by atoms with Crippen molar-refractivity contribution < 1.29 is 9.90 Å². The fourth-order valence-electron chi connectivity index (χ4n) is 2.11. The molecule has 2 aromatic heterocycles. The van der Waals surface area contributed by atoms with Crippen LogP contribution in [0.1, 0.15) is 10.4 Å². The highest BCUT2D eigenvalue weighted by Crippen LogP contribution is 2.25. The predicted octanol–water partition coefficient (Wildman–Crippen LogP) is 3.30. The van der Waals surface area contributed by atoms with Gasteiger partial charge in [0, 0.05) is 18.0 Å². The number of aromatic nitrogens is 1. The number of aromatic carboxylic acids is 1. The van der Waals surface area contributed by atoms with Crippen molar-refractivity contribution in [3.8, 4) is 11.1 Å². The normalized spacial score (nSPS) is 10.7. The average Bonchev–Trinajstić information content (AvgIpc) is 2.83. The van der Waals surface area contributed by atoms with Crippen molar-refractivity contribution >= 4 is 11.5 Å². The summed E-state index contributed by atoms with van der Waals surface area (Å²) in [4.78, 5) is 11.0. The fraction of sp³-hybridized carbons (Fsp3) is 0. The van der Waals surface area contributed by atoms with Crippen molar-refractivity contribution in [1.29, 1.82) is 0 Å². The van der Waals surface area contributed by atoms with Crippen molar-refractivity contribution in [2.45, 2.75) is 0 Å². The third-order valence-electron chi connectivity index (χ3n) is 2.97. The lowest BCUT2D eigenvalue weighted by Crippen LogP contribution is -1.91. The number of carboxylic acid groups (broad SMARTS) is 1. The van der Waals surface area contributed by atoms with Gasteiger partial charge in [-0.1, -0.05) is 36.4 Å². The topological polar surface area (TPSA) is 41.7 Å². The van der Waals surface area contributed by atoms with Crippen LogP contribution in [-0.4, -0.2) is 15.5 Å². The van der Waals surface area contributed by atoms with Gasteiger partial charge in [0.2, 0.25) is 0 Å². The molecule has 3 heteroatoms. The van der Waals surface area contributed by atoms with Gasteiger partial charge in [-0.15, -0.1) is 0 Å². The first-order chi connectivity index (χ1) is 8.75. The van der Waals surface area contributed by atoms with E-state index in [0.29, 0.717) is 5.56 Å². The molecule has 0 aliphatic heterocycles. The standard InChI is InChI=1S/C15H11NO2/c17-15(18)12-9-14-13(7-4-8-16(14)10-12)11-5-2-1-3-6-11/h1-10H,(H,17,18). The van der Waals surface area contributed by atoms with Crippen LogP contribution >= 0.6 is 0 Å². The molecule has 2 heterocycles. The van der Waals surface area contributed by atoms with Gasteiger partial charge in [0.25, 0.3) is 0 Å². The van der Waals surface area contributed by atoms with E-state index in [4.69, 9.17) is 5.11 Å². The number of benzene rings is 1. The molecule has 1 aromatic carbocycles. The second kappa shape index (κ2) is 4.04. The number of pyridine rings is 1. The number of carboxylic acids is 1. The third kappa shape index (κ3) is 1.66. The number of hydrogen-bond donors (Lipinski definition) is 1. The van der Waals surface area contributed by atoms with Gasteiger partial charge in [-0.2, -0.15) is 0 Å². The first-order valence-corrected chi connectivity index (χ1v) is 5.65. The molecule has 0 radical (unpaired) electrons. The molecule has 0 fully saturated rings. The van der Waals surface area contributed by atoms with Crippen molar-refractivity contribution in [1.82, 2.24) is 4.40 Å². The summed E-state index contributed by atoms with van der Waals surface area (Å²) in [7, 11) is 0. The highest BCUT2D eigenvalue weighted by Gasteiger charge is 2.09. The second-order valence-electron chi connectivity index (χ2n) is 4.11. The maximum atomic E-state index is 11.0. The van der Waals surface area contributed by atoms with Crippen LogP contribution in [0.3, 0.4) is 0 Å². The van der Waals surface area contributed by atoms with Crippen molar-refractivity contribution in [2.24, 2.45) is 0 Å². The molecule has 0 atom stereocenters. The summed E-state index contributed by atoms with van der Waals surface area (Å²) in [5.74, 6) is -0.905. The van der Waals surface area contributed by atoms with Crippen LogP contribution in [-0.2, 0) is 0 Å². The smallest absolute Gasteiger partial charge is 0.337 e. The molecule has 0 amide bonds. The minimum Gasteiger partial charge on any atom is -0.478 e. The number of hydrogen-bond acceptors (Lipinski definition) is 1. The van der Waals surface area contributed by atoms with Crippen LogP contribution in [0.15, 0.2) is 60.9 Å². The molecule has 88 valence electrons. The van der Waals surface area contributed by atoms with E-state index in [1.807, 2.05) is 53.1 Å². The lowest BCUT2D eigenvalue weighted by molar-refractivity contribution is 0.0697. The minimum absolute atomic E-state index is 0.304. The molecule has 0 saturated heterocycles. The largest absolute Gasteiger partial charge is 0.478 e. The molecule has 3 rings (SSSR count). The average molecular weight is 237 g/mol. The van der Waals surface area contributed by atoms with E-state index in [1.54, 1.807) is 12.3 Å². The molecule has 0 saturated carbocycles. The third-order valence-corrected chi connectivity index (χ3v) is 2.97. The van der Waals surface area contributed by atoms with Gasteiger partial charge in [-0.25, -0.2) is 4.79 Å². The molecule has 3 aromatic rings. The van der Waals surface area contributed by atoms with Gasteiger partial charge >= 0.3 is 5.97 Å². The first-order valence-electron chi connectivity index (χ1n) is 5.65. The summed E-state index contributed by atoms with van der Waals surface area (Å²) in [6.07, 6.45) is 3.48. The van der Waals surface area contributed by atoms with E-state index in [0.717, 1.165) is 16.6 Å². The van der Waals surface area contributed by atoms with Crippen molar-refractivity contribution in [3.63, 3.8) is 0 Å². The molecule has 18 heavy (non-hydrogen) atoms. The van der Waals surface area contributed by atoms with E-state index in [2.05, 4.69) is 0 Å². The van der Waals surface area contributed by atoms with Crippen LogP contribution in [0.2, 0.25) is 0 Å². The van der Waals surface area contributed by atoms with E-state index >= 15 is 0 Å². The van der Waals surface area contributed by atoms with Crippen LogP contribution in [0.4, 0.5) is 0 Å². The molecular weight excluding hydrogens is 226 g/mol. The molecule has 1 N–H and O–H groups in total. The Kier molecular flexibility index (Phi) is 2.38. The Bertz CT molecular complexity index is 714. The zero-order chi connectivity index (χ0) is 12.5. The van der Waals surface area contributed by atoms with Crippen LogP contribution in [0, 0.1) is 0 Å². The summed E-state index contributed by atoms with van der Waals surface area (Å²) >= 11 is 0. The van der Waals surface area contributed by atoms with Crippen LogP contribution in [0.25, 0.3) is 16.6 Å². The Morgan fingerprint density at radius 2 is 1.83 bits per heavy atom. The van der Waals surface area contributed by atoms with Gasteiger partial charge < -0.3 is 9.51 Å². The van der Waals surface area contributed by atoms with Gasteiger partial charge in [0.1, 0.15) is 0 Å². The van der Waals surface area contributed by atoms with Gasteiger partial charge in [-0.05, 0) is 17.7 Å². The number of fused-ring (bicyclic) bond motifs is 1. The Morgan fingerprint density at radius 3 is 2.56 bits per heavy atom. The Hall–Kier alpha value is -2.55. The van der Waals surface area contributed by atoms with Gasteiger partial charge in [0.15, 0.2) is 0 Å². The Labute approximate surface area is 104 Å². The van der Waals surface area contributed by atoms with E-state index in [1.165, 1.54) is 0 Å². The summed E-state index contributed by atoms with van der Waals surface area (Å²) < 4.78 is 1.84. The first kappa shape index (κ1) is 10.6. The SMILES string of the molecule is O=C(O)c1cc2c(-c3ccccc3)cccn2c1. The fourth-order valence-corrected chi connectivity index (χ4v) is 2.11. The lowest BCUT2D eigenvalue weighted by Gasteiger charge is -2.04.